The minimum atomic E-state index is -2.68. The number of unbranched alkanes of at least 4 members (excludes halogenated alkanes) is 2. The summed E-state index contributed by atoms with van der Waals surface area (Å²) in [7, 11) is 0. The highest BCUT2D eigenvalue weighted by molar-refractivity contribution is 6.32. The van der Waals surface area contributed by atoms with Crippen molar-refractivity contribution in [2.75, 3.05) is 52.7 Å². The van der Waals surface area contributed by atoms with Crippen LogP contribution in [-0.2, 0) is 98.5 Å². The molecule has 10 atom stereocenters. The number of fused-ring (bicyclic) bond motifs is 5. The molecule has 33 heteroatoms. The van der Waals surface area contributed by atoms with E-state index in [0.29, 0.717) is 69.7 Å². The minimum absolute atomic E-state index is 0.000260. The molecule has 0 bridgehead atoms. The van der Waals surface area contributed by atoms with Crippen LogP contribution >= 0.6 is 11.6 Å². The number of aliphatic hydroxyl groups is 5. The van der Waals surface area contributed by atoms with Crippen LogP contribution < -0.4 is 48.1 Å². The van der Waals surface area contributed by atoms with Crippen molar-refractivity contribution in [3.05, 3.63) is 109 Å². The Morgan fingerprint density at radius 2 is 1.46 bits per heavy atom. The Labute approximate surface area is 570 Å². The number of halogens is 2. The van der Waals surface area contributed by atoms with Gasteiger partial charge in [-0.15, -0.1) is 0 Å². The Balaban J connectivity index is 0.744. The van der Waals surface area contributed by atoms with Gasteiger partial charge in [-0.25, -0.2) is 14.2 Å². The van der Waals surface area contributed by atoms with Gasteiger partial charge in [0.1, 0.15) is 55.9 Å². The second-order valence-corrected chi connectivity index (χ2v) is 25.4. The highest BCUT2D eigenvalue weighted by Crippen LogP contribution is 2.47. The fourth-order valence-electron chi connectivity index (χ4n) is 12.5. The topological polar surface area (TPSA) is 451 Å². The Kier molecular flexibility index (Phi) is 24.1. The zero-order valence-electron chi connectivity index (χ0n) is 54.4. The largest absolute Gasteiger partial charge is 0.458 e. The van der Waals surface area contributed by atoms with Gasteiger partial charge in [-0.3, -0.25) is 57.6 Å². The molecule has 13 N–H and O–H groups in total. The summed E-state index contributed by atoms with van der Waals surface area (Å²) >= 11 is 6.72. The van der Waals surface area contributed by atoms with Gasteiger partial charge in [0, 0.05) is 66.0 Å². The maximum atomic E-state index is 16.4. The molecule has 10 amide bonds. The number of esters is 1. The van der Waals surface area contributed by atoms with Gasteiger partial charge in [-0.05, 0) is 86.8 Å². The molecule has 1 aliphatic carbocycles. The molecule has 4 aliphatic heterocycles. The number of nitrogens with one attached hydrogen (secondary N) is 8. The van der Waals surface area contributed by atoms with E-state index in [1.165, 1.54) is 4.57 Å². The van der Waals surface area contributed by atoms with Crippen molar-refractivity contribution in [3.63, 3.8) is 0 Å². The van der Waals surface area contributed by atoms with E-state index in [1.54, 1.807) is 49.4 Å². The van der Waals surface area contributed by atoms with Crippen LogP contribution in [0, 0.1) is 6.92 Å². The Bertz CT molecular complexity index is 3910. The van der Waals surface area contributed by atoms with E-state index in [0.717, 1.165) is 35.1 Å². The number of benzene rings is 2. The number of carbonyl (C=O) groups excluding carboxylic acids is 11. The molecule has 2 unspecified atom stereocenters. The van der Waals surface area contributed by atoms with E-state index in [2.05, 4.69) is 42.5 Å². The highest BCUT2D eigenvalue weighted by Gasteiger charge is 2.47. The highest BCUT2D eigenvalue weighted by atomic mass is 35.5. The lowest BCUT2D eigenvalue weighted by Gasteiger charge is -2.40. The van der Waals surface area contributed by atoms with Crippen LogP contribution in [0.2, 0.25) is 5.02 Å². The quantitative estimate of drug-likeness (QED) is 0.00965. The minimum Gasteiger partial charge on any atom is -0.458 e. The maximum absolute atomic E-state index is 16.4. The number of pyridine rings is 2. The summed E-state index contributed by atoms with van der Waals surface area (Å²) in [6.45, 7) is -0.429. The Morgan fingerprint density at radius 1 is 0.798 bits per heavy atom. The molecule has 0 radical (unpaired) electrons. The van der Waals surface area contributed by atoms with Crippen LogP contribution in [0.25, 0.3) is 22.3 Å². The monoisotopic (exact) mass is 1400 g/mol. The zero-order chi connectivity index (χ0) is 71.6. The number of aliphatic hydroxyl groups excluding tert-OH is 4. The number of carbonyl (C=O) groups is 11. The standard InChI is InChI=1S/C66H79ClFN11O20/c1-4-66(96)38-22-44-56-36(28-79(44)62(93)37(38)30-98-64(66)95)55-40(15-14-35-33(2)39(67)23-42(76-56)54(35)55)77-63(94)65(3,68)31-97-32-73-50(84)26-72-61(92)43(21-34-11-7-5-8-12-34)75-51(85)27-70-49(83)25-71-60(91)41(74-48(82)13-9-6-10-20-78-52(86)18-19-53(78)87)16-17-47(81)69-24-45-57(88)59(90)58(89)46(29-80)99-45/h5,7-8,11-12,18-19,22-23,40-41,43,45-46,57-59,80,88-90,96H,4,6,9-10,13-17,20-21,24-32H2,1-3H3,(H,69,81)(H,70,83)(H,71,91)(H,72,92)(H,73,84)(H,74,82)(H,75,85)(H,77,94)/t40-,41?,43-,45-,46+,57-,58+,59+,65?,66-/m0/s1. The zero-order valence-corrected chi connectivity index (χ0v) is 55.2. The van der Waals surface area contributed by atoms with Crippen LogP contribution in [0.15, 0.2) is 59.4 Å². The number of nitrogens with zero attached hydrogens (tertiary/aromatic N) is 3. The van der Waals surface area contributed by atoms with Gasteiger partial charge in [-0.1, -0.05) is 55.3 Å². The fourth-order valence-corrected chi connectivity index (χ4v) is 12.7. The van der Waals surface area contributed by atoms with Gasteiger partial charge in [0.2, 0.25) is 47.0 Å². The van der Waals surface area contributed by atoms with Gasteiger partial charge in [0.15, 0.2) is 5.60 Å². The van der Waals surface area contributed by atoms with E-state index in [4.69, 9.17) is 30.8 Å². The second-order valence-electron chi connectivity index (χ2n) is 25.0. The molecule has 2 aromatic carbocycles. The SMILES string of the molecule is CC[C@@]1(O)C(=O)OCc2c1cc1n(c2=O)Cc2c-1nc1cc(Cl)c(C)c3c1c2[C@@H](NC(=O)C(C)(F)COCNC(=O)CNC(=O)[C@H](Cc1ccccc1)NC(=O)CNC(=O)CNC(=O)C(CCC(=O)NC[C@@H]1O[C@H](CO)[C@@H](O)[C@H](O)[C@H]1O)NC(=O)CCCCCN1C(=O)C=CC1=O)CC3. The lowest BCUT2D eigenvalue weighted by molar-refractivity contribution is -0.227. The third kappa shape index (κ3) is 17.1. The molecular formula is C66H79ClFN11O20. The Morgan fingerprint density at radius 3 is 2.16 bits per heavy atom. The molecule has 6 heterocycles. The van der Waals surface area contributed by atoms with Crippen molar-refractivity contribution in [3.8, 4) is 11.4 Å². The predicted molar refractivity (Wildman–Crippen MR) is 345 cm³/mol. The first-order valence-corrected chi connectivity index (χ1v) is 32.7. The number of amides is 10. The van der Waals surface area contributed by atoms with Gasteiger partial charge in [0.05, 0.1) is 67.9 Å². The van der Waals surface area contributed by atoms with Crippen LogP contribution in [0.1, 0.15) is 110 Å². The molecule has 2 aromatic heterocycles. The Hall–Kier alpha value is -9.15. The molecule has 532 valence electrons. The third-order valence-corrected chi connectivity index (χ3v) is 18.5. The smallest absolute Gasteiger partial charge is 0.343 e. The predicted octanol–water partition coefficient (Wildman–Crippen LogP) is -2.25. The lowest BCUT2D eigenvalue weighted by Crippen LogP contribution is -2.60. The summed E-state index contributed by atoms with van der Waals surface area (Å²) in [6, 6.07) is 8.14. The second kappa shape index (κ2) is 32.2. The number of cyclic esters (lactones) is 1. The number of aromatic nitrogens is 2. The molecule has 5 aliphatic rings. The van der Waals surface area contributed by atoms with Gasteiger partial charge >= 0.3 is 5.97 Å². The van der Waals surface area contributed by atoms with Gasteiger partial charge < -0.3 is 86.8 Å². The van der Waals surface area contributed by atoms with Crippen LogP contribution in [0.4, 0.5) is 4.39 Å². The molecule has 1 saturated heterocycles. The molecule has 31 nitrogen and oxygen atoms in total. The van der Waals surface area contributed by atoms with Gasteiger partial charge in [-0.2, -0.15) is 0 Å². The number of ether oxygens (including phenoxy) is 3. The van der Waals surface area contributed by atoms with Crippen LogP contribution in [0.5, 0.6) is 0 Å². The first-order chi connectivity index (χ1) is 47.1. The molecule has 99 heavy (non-hydrogen) atoms. The third-order valence-electron chi connectivity index (χ3n) is 18.1. The van der Waals surface area contributed by atoms with Crippen LogP contribution in [-0.4, -0.2) is 206 Å². The summed E-state index contributed by atoms with van der Waals surface area (Å²) in [5.74, 6) is -8.49. The molecule has 0 saturated carbocycles. The van der Waals surface area contributed by atoms with Crippen molar-refractivity contribution < 1.29 is 96.9 Å². The van der Waals surface area contributed by atoms with E-state index >= 15 is 4.39 Å². The molecule has 1 fully saturated rings. The van der Waals surface area contributed by atoms with Crippen molar-refractivity contribution in [1.82, 2.24) is 57.0 Å². The first-order valence-electron chi connectivity index (χ1n) is 32.4. The lowest BCUT2D eigenvalue weighted by atomic mass is 9.81. The maximum Gasteiger partial charge on any atom is 0.343 e. The number of hydrogen-bond acceptors (Lipinski definition) is 21. The van der Waals surface area contributed by atoms with Crippen LogP contribution in [0.3, 0.4) is 0 Å². The number of rotatable bonds is 31. The van der Waals surface area contributed by atoms with Crippen molar-refractivity contribution in [2.45, 2.75) is 158 Å². The molecule has 4 aromatic rings. The van der Waals surface area contributed by atoms with E-state index < -0.39 is 177 Å². The summed E-state index contributed by atoms with van der Waals surface area (Å²) in [6.07, 6.45) is -4.36. The average molecular weight is 1400 g/mol. The van der Waals surface area contributed by atoms with E-state index in [-0.39, 0.29) is 69.5 Å². The van der Waals surface area contributed by atoms with E-state index in [1.807, 2.05) is 6.92 Å². The van der Waals surface area contributed by atoms with Crippen molar-refractivity contribution >= 4 is 87.5 Å². The molecular weight excluding hydrogens is 1320 g/mol. The molecule has 9 rings (SSSR count). The average Bonchev–Trinajstić information content (AvgIpc) is 1.59. The summed E-state index contributed by atoms with van der Waals surface area (Å²) in [5, 5.41) is 72.5. The van der Waals surface area contributed by atoms with Crippen molar-refractivity contribution in [1.29, 1.82) is 0 Å². The summed E-state index contributed by atoms with van der Waals surface area (Å²) in [4.78, 5) is 163. The van der Waals surface area contributed by atoms with Gasteiger partial charge in [0.25, 0.3) is 23.3 Å². The van der Waals surface area contributed by atoms with E-state index in [9.17, 15) is 83.1 Å². The summed E-state index contributed by atoms with van der Waals surface area (Å²) in [5.41, 5.74) is -0.516. The number of hydrogen-bond donors (Lipinski definition) is 13. The summed E-state index contributed by atoms with van der Waals surface area (Å²) < 4.78 is 34.0. The fraction of sp³-hybridized carbons (Fsp3) is 0.500. The number of aryl methyl sites for hydroxylation is 1. The normalized spacial score (nSPS) is 21.6. The first kappa shape index (κ1) is 74.1. The van der Waals surface area contributed by atoms with Crippen molar-refractivity contribution in [2.24, 2.45) is 0 Å². The number of alkyl halides is 1. The molecule has 0 spiro atoms. The number of imide groups is 1.